The maximum Gasteiger partial charge on any atom is 0.273 e. The van der Waals surface area contributed by atoms with E-state index >= 15 is 0 Å². The van der Waals surface area contributed by atoms with Crippen molar-refractivity contribution in [3.05, 3.63) is 41.9 Å². The number of anilines is 3. The molecule has 0 atom stereocenters. The van der Waals surface area contributed by atoms with Gasteiger partial charge in [0.2, 0.25) is 0 Å². The predicted molar refractivity (Wildman–Crippen MR) is 94.7 cm³/mol. The molecule has 1 aliphatic rings. The summed E-state index contributed by atoms with van der Waals surface area (Å²) in [6, 6.07) is 3.29. The maximum atomic E-state index is 12.3. The Kier molecular flexibility index (Phi) is 2.97. The standard InChI is InChI=1S/C16H17N9O/c1-9-20-12-8-24(3)14-11(4-6-18-15(14)25(12)23-9)21-10-5-7-19-22-13(10)16(26)17-2/h4-7H,8H2,1-3H3,(H,17,26)(H,18,19,21)/i2D3. The van der Waals surface area contributed by atoms with E-state index in [1.807, 2.05) is 24.2 Å². The lowest BCUT2D eigenvalue weighted by Gasteiger charge is -2.28. The lowest BCUT2D eigenvalue weighted by molar-refractivity contribution is 0.0958. The molecule has 4 heterocycles. The highest BCUT2D eigenvalue weighted by Gasteiger charge is 2.26. The number of carbonyl (C=O) groups is 1. The molecule has 3 aromatic rings. The molecule has 0 saturated heterocycles. The molecule has 0 radical (unpaired) electrons. The van der Waals surface area contributed by atoms with Crippen molar-refractivity contribution in [3.63, 3.8) is 0 Å². The van der Waals surface area contributed by atoms with Crippen LogP contribution in [0.5, 0.6) is 0 Å². The molecule has 1 amide bonds. The van der Waals surface area contributed by atoms with E-state index in [1.54, 1.807) is 23.0 Å². The second-order valence-corrected chi connectivity index (χ2v) is 5.75. The van der Waals surface area contributed by atoms with Crippen molar-refractivity contribution in [2.75, 3.05) is 24.2 Å². The van der Waals surface area contributed by atoms with Gasteiger partial charge >= 0.3 is 0 Å². The molecule has 10 heteroatoms. The molecule has 0 aromatic carbocycles. The van der Waals surface area contributed by atoms with E-state index in [2.05, 4.69) is 30.6 Å². The number of nitrogens with one attached hydrogen (secondary N) is 2. The molecule has 2 N–H and O–H groups in total. The van der Waals surface area contributed by atoms with Gasteiger partial charge in [-0.3, -0.25) is 4.79 Å². The Labute approximate surface area is 153 Å². The lowest BCUT2D eigenvalue weighted by atomic mass is 10.2. The van der Waals surface area contributed by atoms with Crippen LogP contribution in [-0.2, 0) is 6.54 Å². The number of hydrogen-bond acceptors (Lipinski definition) is 8. The molecule has 0 unspecified atom stereocenters. The molecule has 0 aliphatic carbocycles. The monoisotopic (exact) mass is 354 g/mol. The summed E-state index contributed by atoms with van der Waals surface area (Å²) < 4.78 is 23.4. The third kappa shape index (κ3) is 2.51. The van der Waals surface area contributed by atoms with E-state index in [9.17, 15) is 4.79 Å². The van der Waals surface area contributed by atoms with Crippen LogP contribution in [0.1, 0.15) is 26.2 Å². The average molecular weight is 354 g/mol. The Morgan fingerprint density at radius 2 is 2.15 bits per heavy atom. The summed E-state index contributed by atoms with van der Waals surface area (Å²) in [6.07, 6.45) is 3.02. The van der Waals surface area contributed by atoms with E-state index < -0.39 is 12.9 Å². The van der Waals surface area contributed by atoms with E-state index in [-0.39, 0.29) is 5.69 Å². The van der Waals surface area contributed by atoms with Gasteiger partial charge in [-0.25, -0.2) is 9.97 Å². The van der Waals surface area contributed by atoms with Crippen molar-refractivity contribution in [2.24, 2.45) is 0 Å². The first-order valence-electron chi connectivity index (χ1n) is 9.27. The SMILES string of the molecule is [2H]C([2H])([2H])NC(=O)c1nnccc1Nc1ccnc2c1N(C)Cc1nc(C)nn1-2. The maximum absolute atomic E-state index is 12.3. The number of fused-ring (bicyclic) bond motifs is 3. The van der Waals surface area contributed by atoms with Gasteiger partial charge in [-0.2, -0.15) is 9.78 Å². The summed E-state index contributed by atoms with van der Waals surface area (Å²) in [4.78, 5) is 23.1. The van der Waals surface area contributed by atoms with Gasteiger partial charge in [0.1, 0.15) is 11.5 Å². The Bertz CT molecular complexity index is 1100. The summed E-state index contributed by atoms with van der Waals surface area (Å²) >= 11 is 0. The molecule has 3 aromatic heterocycles. The fraction of sp³-hybridized carbons (Fsp3) is 0.250. The first kappa shape index (κ1) is 12.8. The number of amides is 1. The highest BCUT2D eigenvalue weighted by molar-refractivity contribution is 5.98. The molecular formula is C16H17N9O. The number of nitrogens with zero attached hydrogens (tertiary/aromatic N) is 7. The second kappa shape index (κ2) is 6.06. The highest BCUT2D eigenvalue weighted by atomic mass is 16.1. The normalized spacial score (nSPS) is 14.5. The molecule has 4 rings (SSSR count). The minimum Gasteiger partial charge on any atom is -0.362 e. The van der Waals surface area contributed by atoms with E-state index in [1.165, 1.54) is 6.20 Å². The summed E-state index contributed by atoms with van der Waals surface area (Å²) in [7, 11) is 1.90. The molecule has 10 nitrogen and oxygen atoms in total. The molecule has 0 spiro atoms. The molecule has 0 bridgehead atoms. The topological polar surface area (TPSA) is 114 Å². The Balaban J connectivity index is 1.74. The Hall–Kier alpha value is -3.56. The Morgan fingerprint density at radius 3 is 3.00 bits per heavy atom. The van der Waals surface area contributed by atoms with Gasteiger partial charge in [0.15, 0.2) is 17.3 Å². The van der Waals surface area contributed by atoms with Crippen molar-refractivity contribution in [3.8, 4) is 5.82 Å². The zero-order chi connectivity index (χ0) is 20.8. The molecule has 1 aliphatic heterocycles. The summed E-state index contributed by atoms with van der Waals surface area (Å²) in [5.41, 5.74) is 1.57. The quantitative estimate of drug-likeness (QED) is 0.710. The van der Waals surface area contributed by atoms with Crippen LogP contribution in [0, 0.1) is 6.92 Å². The van der Waals surface area contributed by atoms with Gasteiger partial charge in [0.25, 0.3) is 5.91 Å². The van der Waals surface area contributed by atoms with Gasteiger partial charge in [0.05, 0.1) is 24.1 Å². The number of carbonyl (C=O) groups excluding carboxylic acids is 1. The van der Waals surface area contributed by atoms with Crippen LogP contribution in [0.25, 0.3) is 5.82 Å². The van der Waals surface area contributed by atoms with E-state index in [0.29, 0.717) is 29.6 Å². The van der Waals surface area contributed by atoms with Crippen LogP contribution in [0.4, 0.5) is 17.1 Å². The van der Waals surface area contributed by atoms with Gasteiger partial charge in [-0.15, -0.1) is 10.2 Å². The largest absolute Gasteiger partial charge is 0.362 e. The first-order chi connectivity index (χ1) is 13.7. The van der Waals surface area contributed by atoms with Crippen LogP contribution in [0.3, 0.4) is 0 Å². The van der Waals surface area contributed by atoms with Crippen molar-refractivity contribution >= 4 is 23.0 Å². The highest BCUT2D eigenvalue weighted by Crippen LogP contribution is 2.36. The third-order valence-corrected chi connectivity index (χ3v) is 3.96. The smallest absolute Gasteiger partial charge is 0.273 e. The van der Waals surface area contributed by atoms with Crippen molar-refractivity contribution < 1.29 is 8.91 Å². The molecule has 26 heavy (non-hydrogen) atoms. The predicted octanol–water partition coefficient (Wildman–Crippen LogP) is 0.814. The zero-order valence-electron chi connectivity index (χ0n) is 17.1. The van der Waals surface area contributed by atoms with E-state index in [0.717, 1.165) is 11.5 Å². The van der Waals surface area contributed by atoms with E-state index in [4.69, 9.17) is 4.11 Å². The summed E-state index contributed by atoms with van der Waals surface area (Å²) in [5, 5.41) is 17.0. The average Bonchev–Trinajstić information content (AvgIpc) is 3.01. The number of rotatable bonds is 3. The number of aryl methyl sites for hydroxylation is 1. The molecule has 0 saturated carbocycles. The van der Waals surface area contributed by atoms with Crippen LogP contribution >= 0.6 is 0 Å². The first-order valence-corrected chi connectivity index (χ1v) is 7.77. The number of hydrogen-bond donors (Lipinski definition) is 2. The summed E-state index contributed by atoms with van der Waals surface area (Å²) in [6.45, 7) is -0.302. The van der Waals surface area contributed by atoms with Crippen molar-refractivity contribution in [1.82, 2.24) is 35.3 Å². The van der Waals surface area contributed by atoms with Crippen LogP contribution in [-0.4, -0.2) is 49.9 Å². The number of aromatic nitrogens is 6. The van der Waals surface area contributed by atoms with Crippen molar-refractivity contribution in [1.29, 1.82) is 0 Å². The Morgan fingerprint density at radius 1 is 1.31 bits per heavy atom. The third-order valence-electron chi connectivity index (χ3n) is 3.96. The molecule has 132 valence electrons. The van der Waals surface area contributed by atoms with Gasteiger partial charge in [-0.05, 0) is 19.1 Å². The van der Waals surface area contributed by atoms with Crippen LogP contribution in [0.15, 0.2) is 24.5 Å². The second-order valence-electron chi connectivity index (χ2n) is 5.75. The molecule has 0 fully saturated rings. The van der Waals surface area contributed by atoms with Crippen LogP contribution in [0.2, 0.25) is 0 Å². The minimum atomic E-state index is -2.64. The minimum absolute atomic E-state index is 0.134. The fourth-order valence-electron chi connectivity index (χ4n) is 2.90. The van der Waals surface area contributed by atoms with Gasteiger partial charge in [-0.1, -0.05) is 0 Å². The van der Waals surface area contributed by atoms with Gasteiger partial charge in [0, 0.05) is 24.3 Å². The fourth-order valence-corrected chi connectivity index (χ4v) is 2.90. The lowest BCUT2D eigenvalue weighted by Crippen LogP contribution is -2.28. The molecular weight excluding hydrogens is 334 g/mol. The van der Waals surface area contributed by atoms with Crippen molar-refractivity contribution in [2.45, 2.75) is 13.5 Å². The zero-order valence-corrected chi connectivity index (χ0v) is 14.1. The number of pyridine rings is 1. The van der Waals surface area contributed by atoms with Crippen LogP contribution < -0.4 is 15.5 Å². The van der Waals surface area contributed by atoms with Gasteiger partial charge < -0.3 is 15.5 Å². The summed E-state index contributed by atoms with van der Waals surface area (Å²) in [5.74, 6) is 1.15.